The Balaban J connectivity index is 2.57. The maximum Gasteiger partial charge on any atom is 0.334 e. The zero-order chi connectivity index (χ0) is 12.0. The molecule has 4 nitrogen and oxygen atoms in total. The third kappa shape index (κ3) is 3.33. The highest BCUT2D eigenvalue weighted by Crippen LogP contribution is 2.12. The molecule has 84 valence electrons. The predicted molar refractivity (Wildman–Crippen MR) is 58.4 cm³/mol. The van der Waals surface area contributed by atoms with Crippen LogP contribution in [0.3, 0.4) is 0 Å². The molecule has 0 unspecified atom stereocenters. The van der Waals surface area contributed by atoms with Crippen LogP contribution in [0.4, 0.5) is 0 Å². The standard InChI is InChI=1S/C12H13NO3/c1-12(2,13-9-14)11(15)16-8-10-6-4-3-5-7-10/h3-7H,8H2,1-2H3. The van der Waals surface area contributed by atoms with E-state index in [9.17, 15) is 9.59 Å². The largest absolute Gasteiger partial charge is 0.459 e. The molecule has 0 aliphatic carbocycles. The number of carbonyl (C=O) groups is 1. The maximum absolute atomic E-state index is 11.5. The Hall–Kier alpha value is -1.93. The topological polar surface area (TPSA) is 55.7 Å². The van der Waals surface area contributed by atoms with E-state index in [1.54, 1.807) is 0 Å². The maximum atomic E-state index is 11.5. The van der Waals surface area contributed by atoms with E-state index >= 15 is 0 Å². The van der Waals surface area contributed by atoms with Gasteiger partial charge in [0.15, 0.2) is 5.54 Å². The van der Waals surface area contributed by atoms with Crippen molar-refractivity contribution >= 4 is 12.0 Å². The number of esters is 1. The van der Waals surface area contributed by atoms with Crippen LogP contribution in [-0.2, 0) is 20.9 Å². The van der Waals surface area contributed by atoms with Crippen LogP contribution in [0.5, 0.6) is 0 Å². The lowest BCUT2D eigenvalue weighted by atomic mass is 10.1. The SMILES string of the molecule is CC(C)(N=C=O)C(=O)OCc1ccccc1. The van der Waals surface area contributed by atoms with Crippen molar-refractivity contribution < 1.29 is 14.3 Å². The number of isocyanates is 1. The minimum atomic E-state index is -1.17. The average molecular weight is 219 g/mol. The van der Waals surface area contributed by atoms with Crippen molar-refractivity contribution in [3.05, 3.63) is 35.9 Å². The van der Waals surface area contributed by atoms with Gasteiger partial charge in [-0.1, -0.05) is 30.3 Å². The number of nitrogens with zero attached hydrogens (tertiary/aromatic N) is 1. The summed E-state index contributed by atoms with van der Waals surface area (Å²) >= 11 is 0. The molecule has 0 aromatic heterocycles. The van der Waals surface area contributed by atoms with E-state index in [0.717, 1.165) is 5.56 Å². The van der Waals surface area contributed by atoms with Gasteiger partial charge in [-0.05, 0) is 19.4 Å². The normalized spacial score (nSPS) is 10.4. The molecule has 0 radical (unpaired) electrons. The van der Waals surface area contributed by atoms with Crippen LogP contribution in [0, 0.1) is 0 Å². The summed E-state index contributed by atoms with van der Waals surface area (Å²) in [6.07, 6.45) is 1.36. The van der Waals surface area contributed by atoms with E-state index in [2.05, 4.69) is 4.99 Å². The van der Waals surface area contributed by atoms with E-state index in [0.29, 0.717) is 0 Å². The number of ether oxygens (including phenoxy) is 1. The van der Waals surface area contributed by atoms with Crippen molar-refractivity contribution in [2.24, 2.45) is 4.99 Å². The minimum absolute atomic E-state index is 0.178. The van der Waals surface area contributed by atoms with Crippen LogP contribution in [0.15, 0.2) is 35.3 Å². The fourth-order valence-electron chi connectivity index (χ4n) is 1.06. The summed E-state index contributed by atoms with van der Waals surface area (Å²) in [4.78, 5) is 25.0. The zero-order valence-electron chi connectivity index (χ0n) is 9.27. The lowest BCUT2D eigenvalue weighted by molar-refractivity contribution is -0.150. The number of carbonyl (C=O) groups excluding carboxylic acids is 2. The molecule has 0 saturated heterocycles. The Morgan fingerprint density at radius 3 is 2.56 bits per heavy atom. The quantitative estimate of drug-likeness (QED) is 0.441. The van der Waals surface area contributed by atoms with Gasteiger partial charge in [-0.15, -0.1) is 0 Å². The van der Waals surface area contributed by atoms with Gasteiger partial charge in [-0.3, -0.25) is 0 Å². The number of hydrogen-bond donors (Lipinski definition) is 0. The van der Waals surface area contributed by atoms with Crippen LogP contribution in [0.1, 0.15) is 19.4 Å². The first-order chi connectivity index (χ1) is 7.56. The van der Waals surface area contributed by atoms with Gasteiger partial charge in [-0.2, -0.15) is 4.99 Å². The molecule has 1 rings (SSSR count). The molecule has 0 saturated carbocycles. The van der Waals surface area contributed by atoms with E-state index in [1.165, 1.54) is 19.9 Å². The Morgan fingerprint density at radius 1 is 1.38 bits per heavy atom. The van der Waals surface area contributed by atoms with Crippen molar-refractivity contribution in [3.63, 3.8) is 0 Å². The molecule has 4 heteroatoms. The van der Waals surface area contributed by atoms with Gasteiger partial charge in [0.2, 0.25) is 6.08 Å². The molecular weight excluding hydrogens is 206 g/mol. The smallest absolute Gasteiger partial charge is 0.334 e. The molecule has 0 amide bonds. The molecule has 0 N–H and O–H groups in total. The molecule has 16 heavy (non-hydrogen) atoms. The van der Waals surface area contributed by atoms with Crippen molar-refractivity contribution in [2.45, 2.75) is 26.0 Å². The molecule has 1 aromatic carbocycles. The Labute approximate surface area is 94.0 Å². The van der Waals surface area contributed by atoms with Gasteiger partial charge in [0, 0.05) is 0 Å². The third-order valence-corrected chi connectivity index (χ3v) is 2.04. The molecular formula is C12H13NO3. The van der Waals surface area contributed by atoms with Crippen molar-refractivity contribution in [2.75, 3.05) is 0 Å². The first-order valence-electron chi connectivity index (χ1n) is 4.86. The fourth-order valence-corrected chi connectivity index (χ4v) is 1.06. The van der Waals surface area contributed by atoms with Crippen LogP contribution in [0.25, 0.3) is 0 Å². The van der Waals surface area contributed by atoms with Crippen molar-refractivity contribution in [1.29, 1.82) is 0 Å². The van der Waals surface area contributed by atoms with Crippen molar-refractivity contribution in [3.8, 4) is 0 Å². The first kappa shape index (κ1) is 12.1. The molecule has 0 aliphatic heterocycles. The number of rotatable bonds is 4. The van der Waals surface area contributed by atoms with Gasteiger partial charge in [0.25, 0.3) is 0 Å². The van der Waals surface area contributed by atoms with Crippen LogP contribution >= 0.6 is 0 Å². The van der Waals surface area contributed by atoms with Gasteiger partial charge >= 0.3 is 5.97 Å². The highest BCUT2D eigenvalue weighted by molar-refractivity contribution is 5.80. The summed E-state index contributed by atoms with van der Waals surface area (Å²) in [5.41, 5.74) is -0.280. The van der Waals surface area contributed by atoms with Gasteiger partial charge in [-0.25, -0.2) is 9.59 Å². The molecule has 1 aromatic rings. The third-order valence-electron chi connectivity index (χ3n) is 2.04. The summed E-state index contributed by atoms with van der Waals surface area (Å²) in [5.74, 6) is -0.542. The second kappa shape index (κ2) is 5.24. The van der Waals surface area contributed by atoms with Gasteiger partial charge < -0.3 is 4.74 Å². The molecule has 0 fully saturated rings. The fraction of sp³-hybridized carbons (Fsp3) is 0.333. The Morgan fingerprint density at radius 2 is 2.00 bits per heavy atom. The van der Waals surface area contributed by atoms with Crippen molar-refractivity contribution in [1.82, 2.24) is 0 Å². The average Bonchev–Trinajstić information content (AvgIpc) is 2.27. The molecule has 0 bridgehead atoms. The molecule has 0 aliphatic rings. The van der Waals surface area contributed by atoms with E-state index in [-0.39, 0.29) is 6.61 Å². The number of benzene rings is 1. The highest BCUT2D eigenvalue weighted by atomic mass is 16.5. The van der Waals surface area contributed by atoms with E-state index in [1.807, 2.05) is 30.3 Å². The van der Waals surface area contributed by atoms with Gasteiger partial charge in [0.05, 0.1) is 0 Å². The Bertz CT molecular complexity index is 406. The summed E-state index contributed by atoms with van der Waals surface area (Å²) in [7, 11) is 0. The molecule has 0 spiro atoms. The Kier molecular flexibility index (Phi) is 3.97. The zero-order valence-corrected chi connectivity index (χ0v) is 9.27. The van der Waals surface area contributed by atoms with E-state index in [4.69, 9.17) is 4.74 Å². The summed E-state index contributed by atoms with van der Waals surface area (Å²) in [6, 6.07) is 9.30. The highest BCUT2D eigenvalue weighted by Gasteiger charge is 2.28. The number of aliphatic imine (C=N–C) groups is 1. The molecule has 0 heterocycles. The van der Waals surface area contributed by atoms with E-state index < -0.39 is 11.5 Å². The lowest BCUT2D eigenvalue weighted by Crippen LogP contribution is -2.31. The van der Waals surface area contributed by atoms with Crippen LogP contribution in [-0.4, -0.2) is 17.6 Å². The second-order valence-corrected chi connectivity index (χ2v) is 3.82. The number of hydrogen-bond acceptors (Lipinski definition) is 4. The second-order valence-electron chi connectivity index (χ2n) is 3.82. The van der Waals surface area contributed by atoms with Gasteiger partial charge in [0.1, 0.15) is 6.61 Å². The monoisotopic (exact) mass is 219 g/mol. The summed E-state index contributed by atoms with van der Waals surface area (Å²) in [5, 5.41) is 0. The lowest BCUT2D eigenvalue weighted by Gasteiger charge is -2.15. The van der Waals surface area contributed by atoms with Crippen LogP contribution < -0.4 is 0 Å². The summed E-state index contributed by atoms with van der Waals surface area (Å²) in [6.45, 7) is 3.19. The first-order valence-corrected chi connectivity index (χ1v) is 4.86. The summed E-state index contributed by atoms with van der Waals surface area (Å²) < 4.78 is 5.03. The predicted octanol–water partition coefficient (Wildman–Crippen LogP) is 1.84. The minimum Gasteiger partial charge on any atom is -0.459 e. The van der Waals surface area contributed by atoms with Crippen LogP contribution in [0.2, 0.25) is 0 Å². The molecule has 0 atom stereocenters.